The van der Waals surface area contributed by atoms with Gasteiger partial charge in [0.1, 0.15) is 0 Å². The van der Waals surface area contributed by atoms with Crippen molar-refractivity contribution < 1.29 is 4.79 Å². The van der Waals surface area contributed by atoms with E-state index in [1.165, 1.54) is 0 Å². The Balaban J connectivity index is 1.77. The molecular formula is C24H20N2O. The van der Waals surface area contributed by atoms with Gasteiger partial charge in [-0.3, -0.25) is 4.79 Å². The molecule has 0 heterocycles. The first kappa shape index (κ1) is 18.2. The molecule has 0 N–H and O–H groups in total. The second kappa shape index (κ2) is 8.64. The standard InChI is InChI=1S/C24H20N2O/c1-2-16-26(18-20-10-8-19(17-25)9-11-20)24(27)23-14-12-22(13-15-23)21-6-4-3-5-7-21/h2-15H,1,16,18H2. The van der Waals surface area contributed by atoms with Crippen LogP contribution in [0, 0.1) is 11.3 Å². The van der Waals surface area contributed by atoms with Crippen molar-refractivity contribution in [3.63, 3.8) is 0 Å². The van der Waals surface area contributed by atoms with E-state index >= 15 is 0 Å². The number of amides is 1. The third kappa shape index (κ3) is 4.50. The second-order valence-electron chi connectivity index (χ2n) is 6.23. The number of benzene rings is 3. The lowest BCUT2D eigenvalue weighted by molar-refractivity contribution is 0.0762. The van der Waals surface area contributed by atoms with Crippen LogP contribution in [0.2, 0.25) is 0 Å². The molecule has 3 nitrogen and oxygen atoms in total. The number of nitrogens with zero attached hydrogens (tertiary/aromatic N) is 2. The zero-order valence-corrected chi connectivity index (χ0v) is 15.0. The summed E-state index contributed by atoms with van der Waals surface area (Å²) in [5.41, 5.74) is 4.43. The van der Waals surface area contributed by atoms with Crippen LogP contribution < -0.4 is 0 Å². The van der Waals surface area contributed by atoms with E-state index in [2.05, 4.69) is 12.6 Å². The third-order valence-electron chi connectivity index (χ3n) is 4.33. The molecule has 3 rings (SSSR count). The van der Waals surface area contributed by atoms with Gasteiger partial charge in [0.15, 0.2) is 0 Å². The normalized spacial score (nSPS) is 10.0. The summed E-state index contributed by atoms with van der Waals surface area (Å²) >= 11 is 0. The highest BCUT2D eigenvalue weighted by molar-refractivity contribution is 5.94. The summed E-state index contributed by atoms with van der Waals surface area (Å²) in [7, 11) is 0. The molecule has 0 aliphatic carbocycles. The molecule has 0 aromatic heterocycles. The highest BCUT2D eigenvalue weighted by Gasteiger charge is 2.15. The predicted octanol–water partition coefficient (Wildman–Crippen LogP) is 5.05. The monoisotopic (exact) mass is 352 g/mol. The third-order valence-corrected chi connectivity index (χ3v) is 4.33. The van der Waals surface area contributed by atoms with Crippen LogP contribution >= 0.6 is 0 Å². The van der Waals surface area contributed by atoms with Crippen molar-refractivity contribution in [1.29, 1.82) is 5.26 Å². The van der Waals surface area contributed by atoms with Gasteiger partial charge < -0.3 is 4.90 Å². The molecule has 0 radical (unpaired) electrons. The summed E-state index contributed by atoms with van der Waals surface area (Å²) in [5.74, 6) is -0.0427. The average Bonchev–Trinajstić information content (AvgIpc) is 2.74. The lowest BCUT2D eigenvalue weighted by atomic mass is 10.0. The zero-order chi connectivity index (χ0) is 19.1. The maximum absolute atomic E-state index is 12.9. The Kier molecular flexibility index (Phi) is 5.81. The van der Waals surface area contributed by atoms with Crippen LogP contribution in [0.1, 0.15) is 21.5 Å². The molecule has 27 heavy (non-hydrogen) atoms. The van der Waals surface area contributed by atoms with Crippen molar-refractivity contribution in [2.24, 2.45) is 0 Å². The molecular weight excluding hydrogens is 332 g/mol. The number of carbonyl (C=O) groups is 1. The lowest BCUT2D eigenvalue weighted by Crippen LogP contribution is -2.30. The largest absolute Gasteiger partial charge is 0.331 e. The molecule has 0 fully saturated rings. The van der Waals surface area contributed by atoms with Crippen LogP contribution in [0.4, 0.5) is 0 Å². The molecule has 1 amide bonds. The molecule has 3 heteroatoms. The lowest BCUT2D eigenvalue weighted by Gasteiger charge is -2.21. The van der Waals surface area contributed by atoms with E-state index in [9.17, 15) is 4.79 Å². The van der Waals surface area contributed by atoms with Crippen molar-refractivity contribution in [3.8, 4) is 17.2 Å². The molecule has 0 saturated heterocycles. The summed E-state index contributed by atoms with van der Waals surface area (Å²) in [6.07, 6.45) is 1.72. The number of hydrogen-bond donors (Lipinski definition) is 0. The maximum atomic E-state index is 12.9. The summed E-state index contributed by atoms with van der Waals surface area (Å²) in [5, 5.41) is 8.91. The van der Waals surface area contributed by atoms with Crippen LogP contribution in [-0.4, -0.2) is 17.4 Å². The molecule has 0 saturated carbocycles. The van der Waals surface area contributed by atoms with Crippen LogP contribution in [0.25, 0.3) is 11.1 Å². The van der Waals surface area contributed by atoms with Gasteiger partial charge in [0.05, 0.1) is 11.6 Å². The first-order chi connectivity index (χ1) is 13.2. The first-order valence-corrected chi connectivity index (χ1v) is 8.76. The zero-order valence-electron chi connectivity index (χ0n) is 15.0. The van der Waals surface area contributed by atoms with Crippen molar-refractivity contribution in [1.82, 2.24) is 4.90 Å². The van der Waals surface area contributed by atoms with E-state index in [-0.39, 0.29) is 5.91 Å². The number of carbonyl (C=O) groups excluding carboxylic acids is 1. The first-order valence-electron chi connectivity index (χ1n) is 8.76. The van der Waals surface area contributed by atoms with Crippen LogP contribution in [0.15, 0.2) is 91.5 Å². The van der Waals surface area contributed by atoms with Crippen LogP contribution in [-0.2, 0) is 6.54 Å². The predicted molar refractivity (Wildman–Crippen MR) is 108 cm³/mol. The Labute approximate surface area is 159 Å². The van der Waals surface area contributed by atoms with E-state index in [1.54, 1.807) is 23.1 Å². The van der Waals surface area contributed by atoms with Gasteiger partial charge in [0.2, 0.25) is 0 Å². The Bertz CT molecular complexity index is 952. The van der Waals surface area contributed by atoms with Gasteiger partial charge in [0.25, 0.3) is 5.91 Å². The van der Waals surface area contributed by atoms with Crippen molar-refractivity contribution in [2.45, 2.75) is 6.54 Å². The summed E-state index contributed by atoms with van der Waals surface area (Å²) in [6.45, 7) is 4.69. The molecule has 132 valence electrons. The van der Waals surface area contributed by atoms with Gasteiger partial charge in [-0.1, -0.05) is 60.7 Å². The van der Waals surface area contributed by atoms with Gasteiger partial charge in [0, 0.05) is 18.7 Å². The Morgan fingerprint density at radius 2 is 1.56 bits per heavy atom. The van der Waals surface area contributed by atoms with E-state index in [0.29, 0.717) is 24.2 Å². The molecule has 3 aromatic rings. The molecule has 0 aliphatic rings. The fourth-order valence-corrected chi connectivity index (χ4v) is 2.90. The maximum Gasteiger partial charge on any atom is 0.254 e. The van der Waals surface area contributed by atoms with Crippen molar-refractivity contribution >= 4 is 5.91 Å². The Morgan fingerprint density at radius 3 is 2.15 bits per heavy atom. The van der Waals surface area contributed by atoms with Crippen LogP contribution in [0.3, 0.4) is 0 Å². The average molecular weight is 352 g/mol. The van der Waals surface area contributed by atoms with Gasteiger partial charge in [-0.25, -0.2) is 0 Å². The Hall–Kier alpha value is -3.64. The van der Waals surface area contributed by atoms with Crippen molar-refractivity contribution in [2.75, 3.05) is 6.54 Å². The van der Waals surface area contributed by atoms with E-state index in [1.807, 2.05) is 66.7 Å². The summed E-state index contributed by atoms with van der Waals surface area (Å²) < 4.78 is 0. The van der Waals surface area contributed by atoms with E-state index in [0.717, 1.165) is 16.7 Å². The van der Waals surface area contributed by atoms with Crippen LogP contribution in [0.5, 0.6) is 0 Å². The fraction of sp³-hybridized carbons (Fsp3) is 0.0833. The highest BCUT2D eigenvalue weighted by Crippen LogP contribution is 2.20. The molecule has 0 bridgehead atoms. The molecule has 3 aromatic carbocycles. The Morgan fingerprint density at radius 1 is 0.926 bits per heavy atom. The number of nitriles is 1. The SMILES string of the molecule is C=CCN(Cc1ccc(C#N)cc1)C(=O)c1ccc(-c2ccccc2)cc1. The smallest absolute Gasteiger partial charge is 0.254 e. The highest BCUT2D eigenvalue weighted by atomic mass is 16.2. The molecule has 0 spiro atoms. The molecule has 0 aliphatic heterocycles. The summed E-state index contributed by atoms with van der Waals surface area (Å²) in [4.78, 5) is 14.7. The minimum absolute atomic E-state index is 0.0427. The minimum Gasteiger partial charge on any atom is -0.331 e. The van der Waals surface area contributed by atoms with Gasteiger partial charge in [-0.15, -0.1) is 6.58 Å². The second-order valence-corrected chi connectivity index (χ2v) is 6.23. The van der Waals surface area contributed by atoms with Gasteiger partial charge in [-0.2, -0.15) is 5.26 Å². The number of hydrogen-bond acceptors (Lipinski definition) is 2. The minimum atomic E-state index is -0.0427. The van der Waals surface area contributed by atoms with Crippen molar-refractivity contribution in [3.05, 3.63) is 108 Å². The van der Waals surface area contributed by atoms with Gasteiger partial charge >= 0.3 is 0 Å². The fourth-order valence-electron chi connectivity index (χ4n) is 2.90. The van der Waals surface area contributed by atoms with E-state index in [4.69, 9.17) is 5.26 Å². The quantitative estimate of drug-likeness (QED) is 0.582. The molecule has 0 unspecified atom stereocenters. The topological polar surface area (TPSA) is 44.1 Å². The number of rotatable bonds is 6. The summed E-state index contributed by atoms with van der Waals surface area (Å²) in [6, 6.07) is 27.1. The van der Waals surface area contributed by atoms with Gasteiger partial charge in [-0.05, 0) is 41.0 Å². The van der Waals surface area contributed by atoms with E-state index < -0.39 is 0 Å². The molecule has 0 atom stereocenters.